The fourth-order valence-electron chi connectivity index (χ4n) is 3.70. The molecule has 0 aromatic heterocycles. The van der Waals surface area contributed by atoms with Crippen LogP contribution in [-0.4, -0.2) is 22.6 Å². The molecular weight excluding hydrogens is 479 g/mol. The van der Waals surface area contributed by atoms with E-state index in [1.807, 2.05) is 85.8 Å². The zero-order chi connectivity index (χ0) is 24.8. The molecule has 0 aliphatic rings. The Morgan fingerprint density at radius 3 is 1.60 bits per heavy atom. The fraction of sp³-hybridized carbons (Fsp3) is 0.143. The average Bonchev–Trinajstić information content (AvgIpc) is 2.90. The zero-order valence-electron chi connectivity index (χ0n) is 19.8. The number of rotatable bonds is 9. The summed E-state index contributed by atoms with van der Waals surface area (Å²) in [4.78, 5) is 0.134. The van der Waals surface area contributed by atoms with E-state index in [-0.39, 0.29) is 10.6 Å². The number of aryl methyl sites for hydroxylation is 1. The molecule has 5 nitrogen and oxygen atoms in total. The molecule has 4 aromatic carbocycles. The second-order valence-electron chi connectivity index (χ2n) is 7.95. The standard InChI is InChI=1S/C28H27O5PS/c1-21-9-19-27(20-10-21)35(29,30)33-34(26-7-5-4-6-8-26)28(22-11-15-24(31-2)16-12-22)23-13-17-25(32-3)18-14-23/h4-20,28H,1-3H3. The van der Waals surface area contributed by atoms with E-state index in [2.05, 4.69) is 0 Å². The van der Waals surface area contributed by atoms with Crippen LogP contribution in [0.3, 0.4) is 0 Å². The second kappa shape index (κ2) is 11.0. The van der Waals surface area contributed by atoms with E-state index >= 15 is 0 Å². The molecule has 0 aliphatic carbocycles. The van der Waals surface area contributed by atoms with Gasteiger partial charge in [-0.15, -0.1) is 0 Å². The van der Waals surface area contributed by atoms with Crippen molar-refractivity contribution in [3.63, 3.8) is 0 Å². The molecular formula is C28H27O5PS. The molecule has 7 heteroatoms. The van der Waals surface area contributed by atoms with Crippen LogP contribution in [0.2, 0.25) is 0 Å². The van der Waals surface area contributed by atoms with Gasteiger partial charge in [-0.2, -0.15) is 8.42 Å². The predicted molar refractivity (Wildman–Crippen MR) is 140 cm³/mol. The molecule has 0 radical (unpaired) electrons. The summed E-state index contributed by atoms with van der Waals surface area (Å²) in [6, 6.07) is 31.5. The molecule has 0 bridgehead atoms. The van der Waals surface area contributed by atoms with Gasteiger partial charge in [0.15, 0.2) is 0 Å². The summed E-state index contributed by atoms with van der Waals surface area (Å²) < 4.78 is 43.7. The van der Waals surface area contributed by atoms with Gasteiger partial charge in [0.2, 0.25) is 0 Å². The van der Waals surface area contributed by atoms with E-state index in [1.165, 1.54) is 0 Å². The Labute approximate surface area is 208 Å². The highest BCUT2D eigenvalue weighted by molar-refractivity contribution is 7.92. The van der Waals surface area contributed by atoms with Crippen molar-refractivity contribution in [3.8, 4) is 11.5 Å². The molecule has 0 fully saturated rings. The minimum absolute atomic E-state index is 0.134. The fourth-order valence-corrected chi connectivity index (χ4v) is 7.70. The number of hydrogen-bond acceptors (Lipinski definition) is 5. The van der Waals surface area contributed by atoms with Crippen molar-refractivity contribution in [1.82, 2.24) is 0 Å². The molecule has 0 aliphatic heterocycles. The Morgan fingerprint density at radius 2 is 1.14 bits per heavy atom. The first-order chi connectivity index (χ1) is 16.9. The first kappa shape index (κ1) is 24.9. The Bertz CT molecular complexity index is 1290. The maximum atomic E-state index is 13.4. The lowest BCUT2D eigenvalue weighted by atomic mass is 10.0. The average molecular weight is 507 g/mol. The maximum Gasteiger partial charge on any atom is 0.300 e. The normalized spacial score (nSPS) is 12.3. The first-order valence-electron chi connectivity index (χ1n) is 11.0. The van der Waals surface area contributed by atoms with Crippen LogP contribution in [-0.2, 0) is 14.1 Å². The minimum atomic E-state index is -4.03. The van der Waals surface area contributed by atoms with Crippen LogP contribution in [0.15, 0.2) is 108 Å². The topological polar surface area (TPSA) is 61.8 Å². The van der Waals surface area contributed by atoms with Crippen molar-refractivity contribution in [2.75, 3.05) is 14.2 Å². The monoisotopic (exact) mass is 506 g/mol. The largest absolute Gasteiger partial charge is 0.497 e. The lowest BCUT2D eigenvalue weighted by Gasteiger charge is -2.28. The maximum absolute atomic E-state index is 13.4. The summed E-state index contributed by atoms with van der Waals surface area (Å²) in [5, 5.41) is 0.815. The summed E-state index contributed by atoms with van der Waals surface area (Å²) in [6.45, 7) is 1.91. The molecule has 0 spiro atoms. The van der Waals surface area contributed by atoms with E-state index < -0.39 is 18.3 Å². The van der Waals surface area contributed by atoms with Crippen LogP contribution in [0.4, 0.5) is 0 Å². The smallest absolute Gasteiger partial charge is 0.300 e. The lowest BCUT2D eigenvalue weighted by molar-refractivity contribution is 0.414. The molecule has 0 heterocycles. The van der Waals surface area contributed by atoms with Crippen molar-refractivity contribution in [1.29, 1.82) is 0 Å². The van der Waals surface area contributed by atoms with E-state index in [9.17, 15) is 8.42 Å². The van der Waals surface area contributed by atoms with Gasteiger partial charge in [-0.1, -0.05) is 72.3 Å². The molecule has 4 rings (SSSR count). The van der Waals surface area contributed by atoms with E-state index in [4.69, 9.17) is 13.4 Å². The summed E-state index contributed by atoms with van der Waals surface area (Å²) >= 11 is 0. The van der Waals surface area contributed by atoms with Gasteiger partial charge in [-0.25, -0.2) is 3.97 Å². The minimum Gasteiger partial charge on any atom is -0.497 e. The molecule has 1 unspecified atom stereocenters. The van der Waals surface area contributed by atoms with Crippen molar-refractivity contribution in [3.05, 3.63) is 120 Å². The Kier molecular flexibility index (Phi) is 7.86. The predicted octanol–water partition coefficient (Wildman–Crippen LogP) is 6.23. The van der Waals surface area contributed by atoms with Gasteiger partial charge in [0.1, 0.15) is 11.5 Å². The number of benzene rings is 4. The van der Waals surface area contributed by atoms with Crippen molar-refractivity contribution in [2.24, 2.45) is 0 Å². The Hall–Kier alpha value is -3.18. The van der Waals surface area contributed by atoms with Crippen molar-refractivity contribution in [2.45, 2.75) is 17.5 Å². The molecule has 0 saturated heterocycles. The summed E-state index contributed by atoms with van der Waals surface area (Å²) in [7, 11) is -2.49. The van der Waals surface area contributed by atoms with E-state index in [0.717, 1.165) is 33.5 Å². The van der Waals surface area contributed by atoms with Crippen molar-refractivity contribution < 1.29 is 21.9 Å². The highest BCUT2D eigenvalue weighted by Gasteiger charge is 2.33. The first-order valence-corrected chi connectivity index (χ1v) is 13.8. The third-order valence-corrected chi connectivity index (χ3v) is 9.75. The number of ether oxygens (including phenoxy) is 2. The van der Waals surface area contributed by atoms with Crippen LogP contribution < -0.4 is 14.8 Å². The molecule has 0 N–H and O–H groups in total. The highest BCUT2D eigenvalue weighted by Crippen LogP contribution is 2.56. The second-order valence-corrected chi connectivity index (χ2v) is 11.6. The van der Waals surface area contributed by atoms with Gasteiger partial charge in [0.05, 0.1) is 32.9 Å². The SMILES string of the molecule is COc1ccc(C(c2ccc(OC)cc2)P(OS(=O)(=O)c2ccc(C)cc2)c2ccccc2)cc1. The van der Waals surface area contributed by atoms with Gasteiger partial charge < -0.3 is 9.47 Å². The van der Waals surface area contributed by atoms with E-state index in [1.54, 1.807) is 38.5 Å². The molecule has 4 aromatic rings. The zero-order valence-corrected chi connectivity index (χ0v) is 21.5. The summed E-state index contributed by atoms with van der Waals surface area (Å²) in [6.07, 6.45) is 0. The third-order valence-electron chi connectivity index (χ3n) is 5.60. The van der Waals surface area contributed by atoms with Gasteiger partial charge in [-0.05, 0) is 54.4 Å². The summed E-state index contributed by atoms with van der Waals surface area (Å²) in [5.74, 6) is 1.44. The molecule has 180 valence electrons. The Morgan fingerprint density at radius 1 is 0.657 bits per heavy atom. The van der Waals surface area contributed by atoms with Crippen LogP contribution >= 0.6 is 8.15 Å². The number of hydrogen-bond donors (Lipinski definition) is 0. The van der Waals surface area contributed by atoms with Gasteiger partial charge >= 0.3 is 0 Å². The van der Waals surface area contributed by atoms with E-state index in [0.29, 0.717) is 0 Å². The third kappa shape index (κ3) is 5.91. The van der Waals surface area contributed by atoms with Crippen molar-refractivity contribution >= 4 is 23.6 Å². The summed E-state index contributed by atoms with van der Waals surface area (Å²) in [5.41, 5.74) is 2.46. The number of methoxy groups -OCH3 is 2. The van der Waals surface area contributed by atoms with Gasteiger partial charge in [-0.3, -0.25) is 0 Å². The molecule has 0 saturated carbocycles. The van der Waals surface area contributed by atoms with Gasteiger partial charge in [0.25, 0.3) is 10.1 Å². The van der Waals surface area contributed by atoms with Gasteiger partial charge in [0, 0.05) is 5.30 Å². The lowest BCUT2D eigenvalue weighted by Crippen LogP contribution is -2.15. The quantitative estimate of drug-likeness (QED) is 0.252. The molecule has 1 atom stereocenters. The Balaban J connectivity index is 1.85. The van der Waals surface area contributed by atoms with Crippen LogP contribution in [0.5, 0.6) is 11.5 Å². The van der Waals surface area contributed by atoms with Crippen LogP contribution in [0.25, 0.3) is 0 Å². The highest BCUT2D eigenvalue weighted by atomic mass is 32.2. The molecule has 35 heavy (non-hydrogen) atoms. The van der Waals surface area contributed by atoms with Crippen LogP contribution in [0, 0.1) is 6.92 Å². The van der Waals surface area contributed by atoms with Crippen LogP contribution in [0.1, 0.15) is 22.3 Å². The molecule has 0 amide bonds.